The summed E-state index contributed by atoms with van der Waals surface area (Å²) in [6.45, 7) is 11.4. The summed E-state index contributed by atoms with van der Waals surface area (Å²) in [5, 5.41) is 3.59. The second-order valence-electron chi connectivity index (χ2n) is 7.90. The van der Waals surface area contributed by atoms with Gasteiger partial charge in [0.25, 0.3) is 0 Å². The number of rotatable bonds is 8. The molecule has 2 aromatic carbocycles. The van der Waals surface area contributed by atoms with Crippen molar-refractivity contribution in [2.75, 3.05) is 51.6 Å². The summed E-state index contributed by atoms with van der Waals surface area (Å²) in [6.07, 6.45) is 3.58. The van der Waals surface area contributed by atoms with E-state index in [4.69, 9.17) is 0 Å². The van der Waals surface area contributed by atoms with E-state index in [1.165, 1.54) is 73.5 Å². The third-order valence-electron chi connectivity index (χ3n) is 5.68. The number of aryl methyl sites for hydroxylation is 1. The Morgan fingerprint density at radius 1 is 0.926 bits per heavy atom. The Balaban J connectivity index is 1.59. The lowest BCUT2D eigenvalue weighted by atomic mass is 10.0. The molecule has 0 bridgehead atoms. The SMILES string of the molecule is CCCCNc1cc(-c2ccc(CCN3CCN(C)CC3)cc2)ccc1C. The van der Waals surface area contributed by atoms with Crippen LogP contribution in [0.2, 0.25) is 0 Å². The Bertz CT molecular complexity index is 700. The lowest BCUT2D eigenvalue weighted by molar-refractivity contribution is 0.155. The summed E-state index contributed by atoms with van der Waals surface area (Å²) in [6, 6.07) is 15.9. The molecule has 1 N–H and O–H groups in total. The van der Waals surface area contributed by atoms with E-state index in [0.717, 1.165) is 13.0 Å². The summed E-state index contributed by atoms with van der Waals surface area (Å²) in [5.74, 6) is 0. The van der Waals surface area contributed by atoms with Gasteiger partial charge in [0.15, 0.2) is 0 Å². The van der Waals surface area contributed by atoms with Gasteiger partial charge in [-0.2, -0.15) is 0 Å². The number of benzene rings is 2. The molecule has 1 heterocycles. The van der Waals surface area contributed by atoms with Crippen LogP contribution < -0.4 is 5.32 Å². The molecule has 1 aliphatic rings. The molecule has 3 heteroatoms. The highest BCUT2D eigenvalue weighted by Gasteiger charge is 2.13. The van der Waals surface area contributed by atoms with E-state index in [2.05, 4.69) is 78.5 Å². The smallest absolute Gasteiger partial charge is 0.0376 e. The van der Waals surface area contributed by atoms with Gasteiger partial charge in [0.05, 0.1) is 0 Å². The van der Waals surface area contributed by atoms with Gasteiger partial charge in [-0.15, -0.1) is 0 Å². The van der Waals surface area contributed by atoms with Crippen molar-refractivity contribution in [2.45, 2.75) is 33.1 Å². The van der Waals surface area contributed by atoms with Crippen molar-refractivity contribution in [3.8, 4) is 11.1 Å². The fourth-order valence-corrected chi connectivity index (χ4v) is 3.61. The number of nitrogens with zero attached hydrogens (tertiary/aromatic N) is 2. The Morgan fingerprint density at radius 2 is 1.63 bits per heavy atom. The molecule has 0 atom stereocenters. The van der Waals surface area contributed by atoms with E-state index in [1.54, 1.807) is 0 Å². The molecular formula is C24H35N3. The molecule has 27 heavy (non-hydrogen) atoms. The zero-order valence-corrected chi connectivity index (χ0v) is 17.3. The first kappa shape index (κ1) is 19.9. The van der Waals surface area contributed by atoms with E-state index in [0.29, 0.717) is 0 Å². The Labute approximate surface area is 165 Å². The third kappa shape index (κ3) is 5.82. The summed E-state index contributed by atoms with van der Waals surface area (Å²) in [4.78, 5) is 5.00. The number of anilines is 1. The Morgan fingerprint density at radius 3 is 2.33 bits per heavy atom. The van der Waals surface area contributed by atoms with Crippen LogP contribution in [0.1, 0.15) is 30.9 Å². The number of unbranched alkanes of at least 4 members (excludes halogenated alkanes) is 1. The molecular weight excluding hydrogens is 330 g/mol. The van der Waals surface area contributed by atoms with Gasteiger partial charge >= 0.3 is 0 Å². The van der Waals surface area contributed by atoms with Gasteiger partial charge in [0.2, 0.25) is 0 Å². The van der Waals surface area contributed by atoms with Crippen molar-refractivity contribution in [1.82, 2.24) is 9.80 Å². The normalized spacial score (nSPS) is 15.8. The van der Waals surface area contributed by atoms with E-state index in [-0.39, 0.29) is 0 Å². The highest BCUT2D eigenvalue weighted by atomic mass is 15.2. The molecule has 3 nitrogen and oxygen atoms in total. The maximum absolute atomic E-state index is 3.59. The molecule has 0 amide bonds. The summed E-state index contributed by atoms with van der Waals surface area (Å²) < 4.78 is 0. The molecule has 3 rings (SSSR count). The maximum Gasteiger partial charge on any atom is 0.0376 e. The summed E-state index contributed by atoms with van der Waals surface area (Å²) >= 11 is 0. The van der Waals surface area contributed by atoms with Gasteiger partial charge < -0.3 is 15.1 Å². The molecule has 146 valence electrons. The number of nitrogens with one attached hydrogen (secondary N) is 1. The number of hydrogen-bond acceptors (Lipinski definition) is 3. The average molecular weight is 366 g/mol. The van der Waals surface area contributed by atoms with Gasteiger partial charge in [-0.3, -0.25) is 0 Å². The van der Waals surface area contributed by atoms with Crippen LogP contribution in [0.3, 0.4) is 0 Å². The van der Waals surface area contributed by atoms with E-state index >= 15 is 0 Å². The van der Waals surface area contributed by atoms with E-state index < -0.39 is 0 Å². The van der Waals surface area contributed by atoms with Crippen LogP contribution in [0.25, 0.3) is 11.1 Å². The zero-order valence-electron chi connectivity index (χ0n) is 17.3. The van der Waals surface area contributed by atoms with Crippen LogP contribution >= 0.6 is 0 Å². The predicted molar refractivity (Wildman–Crippen MR) is 118 cm³/mol. The van der Waals surface area contributed by atoms with Gasteiger partial charge in [-0.25, -0.2) is 0 Å². The standard InChI is InChI=1S/C24H35N3/c1-4-5-13-25-24-19-23(9-6-20(24)2)22-10-7-21(8-11-22)12-14-27-17-15-26(3)16-18-27/h6-11,19,25H,4-5,12-18H2,1-3H3. The minimum Gasteiger partial charge on any atom is -0.385 e. The van der Waals surface area contributed by atoms with Gasteiger partial charge in [-0.1, -0.05) is 49.7 Å². The highest BCUT2D eigenvalue weighted by molar-refractivity contribution is 5.70. The number of piperazine rings is 1. The largest absolute Gasteiger partial charge is 0.385 e. The van der Waals surface area contributed by atoms with Gasteiger partial charge in [0.1, 0.15) is 0 Å². The van der Waals surface area contributed by atoms with Crippen LogP contribution in [-0.2, 0) is 6.42 Å². The summed E-state index contributed by atoms with van der Waals surface area (Å²) in [7, 11) is 2.21. The van der Waals surface area contributed by atoms with Gasteiger partial charge in [0, 0.05) is 45.0 Å². The van der Waals surface area contributed by atoms with Crippen LogP contribution in [-0.4, -0.2) is 56.1 Å². The first-order valence-electron chi connectivity index (χ1n) is 10.5. The van der Waals surface area contributed by atoms with Crippen molar-refractivity contribution in [2.24, 2.45) is 0 Å². The molecule has 0 spiro atoms. The second kappa shape index (κ2) is 9.91. The molecule has 0 saturated carbocycles. The molecule has 1 fully saturated rings. The third-order valence-corrected chi connectivity index (χ3v) is 5.68. The lowest BCUT2D eigenvalue weighted by Crippen LogP contribution is -2.45. The number of hydrogen-bond donors (Lipinski definition) is 1. The van der Waals surface area contributed by atoms with E-state index in [9.17, 15) is 0 Å². The fraction of sp³-hybridized carbons (Fsp3) is 0.500. The van der Waals surface area contributed by atoms with Crippen molar-refractivity contribution in [3.05, 3.63) is 53.6 Å². The lowest BCUT2D eigenvalue weighted by Gasteiger charge is -2.32. The molecule has 0 radical (unpaired) electrons. The van der Waals surface area contributed by atoms with Gasteiger partial charge in [-0.05, 0) is 55.1 Å². The maximum atomic E-state index is 3.59. The minimum atomic E-state index is 1.05. The number of likely N-dealkylation sites (N-methyl/N-ethyl adjacent to an activating group) is 1. The monoisotopic (exact) mass is 365 g/mol. The Hall–Kier alpha value is -1.84. The molecule has 0 unspecified atom stereocenters. The Kier molecular flexibility index (Phi) is 7.31. The quantitative estimate of drug-likeness (QED) is 0.686. The highest BCUT2D eigenvalue weighted by Crippen LogP contribution is 2.26. The minimum absolute atomic E-state index is 1.05. The summed E-state index contributed by atoms with van der Waals surface area (Å²) in [5.41, 5.74) is 6.62. The van der Waals surface area contributed by atoms with Crippen LogP contribution in [0.4, 0.5) is 5.69 Å². The molecule has 0 aliphatic carbocycles. The first-order chi connectivity index (χ1) is 13.2. The topological polar surface area (TPSA) is 18.5 Å². The van der Waals surface area contributed by atoms with Crippen LogP contribution in [0.5, 0.6) is 0 Å². The molecule has 2 aromatic rings. The molecule has 0 aromatic heterocycles. The first-order valence-corrected chi connectivity index (χ1v) is 10.5. The van der Waals surface area contributed by atoms with E-state index in [1.807, 2.05) is 0 Å². The van der Waals surface area contributed by atoms with Crippen LogP contribution in [0, 0.1) is 6.92 Å². The zero-order chi connectivity index (χ0) is 19.1. The molecule has 1 saturated heterocycles. The van der Waals surface area contributed by atoms with Crippen LogP contribution in [0.15, 0.2) is 42.5 Å². The van der Waals surface area contributed by atoms with Crippen molar-refractivity contribution in [3.63, 3.8) is 0 Å². The molecule has 1 aliphatic heterocycles. The second-order valence-corrected chi connectivity index (χ2v) is 7.90. The van der Waals surface area contributed by atoms with Crippen molar-refractivity contribution >= 4 is 5.69 Å². The predicted octanol–water partition coefficient (Wildman–Crippen LogP) is 4.66. The average Bonchev–Trinajstić information content (AvgIpc) is 2.70. The fourth-order valence-electron chi connectivity index (χ4n) is 3.61. The van der Waals surface area contributed by atoms with Crippen molar-refractivity contribution in [1.29, 1.82) is 0 Å². The van der Waals surface area contributed by atoms with Crippen molar-refractivity contribution < 1.29 is 0 Å².